The van der Waals surface area contributed by atoms with E-state index in [2.05, 4.69) is 36.3 Å². The first-order valence-corrected chi connectivity index (χ1v) is 8.95. The van der Waals surface area contributed by atoms with Crippen molar-refractivity contribution in [2.75, 3.05) is 5.84 Å². The predicted molar refractivity (Wildman–Crippen MR) is 94.9 cm³/mol. The maximum Gasteiger partial charge on any atom is 0.238 e. The van der Waals surface area contributed by atoms with Gasteiger partial charge in [0.2, 0.25) is 16.9 Å². The van der Waals surface area contributed by atoms with Gasteiger partial charge in [-0.1, -0.05) is 45.0 Å². The van der Waals surface area contributed by atoms with Crippen LogP contribution in [-0.4, -0.2) is 25.0 Å². The molecule has 0 amide bonds. The lowest BCUT2D eigenvalue weighted by atomic mass is 10.2. The monoisotopic (exact) mass is 418 g/mol. The van der Waals surface area contributed by atoms with E-state index in [1.807, 2.05) is 24.3 Å². The lowest BCUT2D eigenvalue weighted by Crippen LogP contribution is -2.11. The van der Waals surface area contributed by atoms with Gasteiger partial charge in [-0.3, -0.25) is 0 Å². The molecule has 1 aromatic carbocycles. The zero-order chi connectivity index (χ0) is 17.2. The molecular weight excluding hydrogens is 408 g/mol. The number of aromatic nitrogens is 5. The number of furan rings is 1. The van der Waals surface area contributed by atoms with Gasteiger partial charge in [0.25, 0.3) is 0 Å². The highest BCUT2D eigenvalue weighted by Gasteiger charge is 2.16. The number of hydrogen-bond acceptors (Lipinski definition) is 8. The number of rotatable bonds is 5. The number of nitrogens with two attached hydrogens (primary N) is 1. The second kappa shape index (κ2) is 6.73. The Kier molecular flexibility index (Phi) is 4.28. The van der Waals surface area contributed by atoms with Crippen LogP contribution in [0.1, 0.15) is 5.89 Å². The molecule has 4 aromatic rings. The van der Waals surface area contributed by atoms with Gasteiger partial charge >= 0.3 is 0 Å². The Morgan fingerprint density at radius 1 is 1.16 bits per heavy atom. The molecule has 0 aliphatic heterocycles. The Labute approximate surface area is 154 Å². The highest BCUT2D eigenvalue weighted by atomic mass is 79.9. The van der Waals surface area contributed by atoms with E-state index in [0.717, 1.165) is 10.0 Å². The van der Waals surface area contributed by atoms with Crippen LogP contribution in [0, 0.1) is 0 Å². The third-order valence-electron chi connectivity index (χ3n) is 3.31. The van der Waals surface area contributed by atoms with Crippen LogP contribution in [0.3, 0.4) is 0 Å². The molecule has 0 saturated heterocycles. The van der Waals surface area contributed by atoms with Crippen molar-refractivity contribution in [1.29, 1.82) is 0 Å². The van der Waals surface area contributed by atoms with Crippen LogP contribution >= 0.6 is 27.7 Å². The van der Waals surface area contributed by atoms with Crippen LogP contribution < -0.4 is 5.84 Å². The molecule has 4 rings (SSSR count). The first kappa shape index (κ1) is 15.9. The first-order valence-electron chi connectivity index (χ1n) is 7.17. The van der Waals surface area contributed by atoms with Gasteiger partial charge in [-0.25, -0.2) is 4.68 Å². The molecule has 0 aliphatic rings. The third kappa shape index (κ3) is 3.17. The molecule has 8 nitrogen and oxygen atoms in total. The standard InChI is InChI=1S/C15H11BrN6O2S/c16-10-5-2-1-4-9(10)14-19-20-15(22(14)17)25-8-12-18-13(21-24-12)11-6-3-7-23-11/h1-7H,8,17H2. The molecular formula is C15H11BrN6O2S. The highest BCUT2D eigenvalue weighted by molar-refractivity contribution is 9.10. The summed E-state index contributed by atoms with van der Waals surface area (Å²) in [6.45, 7) is 0. The second-order valence-corrected chi connectivity index (χ2v) is 6.73. The largest absolute Gasteiger partial charge is 0.461 e. The summed E-state index contributed by atoms with van der Waals surface area (Å²) in [6, 6.07) is 11.2. The van der Waals surface area contributed by atoms with Gasteiger partial charge in [-0.2, -0.15) is 4.98 Å². The topological polar surface area (TPSA) is 109 Å². The fourth-order valence-electron chi connectivity index (χ4n) is 2.15. The zero-order valence-corrected chi connectivity index (χ0v) is 15.1. The van der Waals surface area contributed by atoms with E-state index in [0.29, 0.717) is 34.2 Å². The van der Waals surface area contributed by atoms with Crippen molar-refractivity contribution in [3.8, 4) is 23.0 Å². The molecule has 0 radical (unpaired) electrons. The molecule has 0 bridgehead atoms. The summed E-state index contributed by atoms with van der Waals surface area (Å²) in [5, 5.41) is 12.7. The van der Waals surface area contributed by atoms with Gasteiger partial charge in [0, 0.05) is 10.0 Å². The summed E-state index contributed by atoms with van der Waals surface area (Å²) in [4.78, 5) is 4.28. The van der Waals surface area contributed by atoms with Gasteiger partial charge in [-0.05, 0) is 24.3 Å². The summed E-state index contributed by atoms with van der Waals surface area (Å²) in [5.41, 5.74) is 0.863. The number of hydrogen-bond donors (Lipinski definition) is 1. The van der Waals surface area contributed by atoms with Crippen LogP contribution in [-0.2, 0) is 5.75 Å². The Hall–Kier alpha value is -2.59. The molecule has 25 heavy (non-hydrogen) atoms. The molecule has 126 valence electrons. The number of nitrogen functional groups attached to an aromatic ring is 1. The molecule has 2 N–H and O–H groups in total. The van der Waals surface area contributed by atoms with Crippen LogP contribution in [0.25, 0.3) is 23.0 Å². The highest BCUT2D eigenvalue weighted by Crippen LogP contribution is 2.29. The normalized spacial score (nSPS) is 11.1. The van der Waals surface area contributed by atoms with Crippen molar-refractivity contribution in [3.05, 3.63) is 53.0 Å². The molecule has 0 spiro atoms. The van der Waals surface area contributed by atoms with Gasteiger partial charge < -0.3 is 14.8 Å². The molecule has 0 saturated carbocycles. The van der Waals surface area contributed by atoms with Gasteiger partial charge in [0.05, 0.1) is 12.0 Å². The first-order chi connectivity index (χ1) is 12.2. The number of nitrogens with zero attached hydrogens (tertiary/aromatic N) is 5. The minimum atomic E-state index is 0.406. The fraction of sp³-hybridized carbons (Fsp3) is 0.0667. The van der Waals surface area contributed by atoms with E-state index >= 15 is 0 Å². The average Bonchev–Trinajstić information content (AvgIpc) is 3.35. The number of halogens is 1. The maximum atomic E-state index is 6.12. The lowest BCUT2D eigenvalue weighted by molar-refractivity contribution is 0.390. The van der Waals surface area contributed by atoms with E-state index < -0.39 is 0 Å². The minimum absolute atomic E-state index is 0.406. The molecule has 10 heteroatoms. The van der Waals surface area contributed by atoms with E-state index in [4.69, 9.17) is 14.8 Å². The van der Waals surface area contributed by atoms with E-state index in [-0.39, 0.29) is 0 Å². The predicted octanol–water partition coefficient (Wildman–Crippen LogP) is 3.36. The molecule has 0 fully saturated rings. The smallest absolute Gasteiger partial charge is 0.238 e. The third-order valence-corrected chi connectivity index (χ3v) is 4.93. The quantitative estimate of drug-likeness (QED) is 0.388. The Morgan fingerprint density at radius 2 is 2.04 bits per heavy atom. The van der Waals surface area contributed by atoms with Crippen LogP contribution in [0.2, 0.25) is 0 Å². The van der Waals surface area contributed by atoms with Crippen molar-refractivity contribution < 1.29 is 8.94 Å². The van der Waals surface area contributed by atoms with Crippen molar-refractivity contribution in [2.45, 2.75) is 10.9 Å². The van der Waals surface area contributed by atoms with Crippen LogP contribution in [0.5, 0.6) is 0 Å². The van der Waals surface area contributed by atoms with Crippen molar-refractivity contribution in [3.63, 3.8) is 0 Å². The summed E-state index contributed by atoms with van der Waals surface area (Å²) in [7, 11) is 0. The van der Waals surface area contributed by atoms with E-state index in [1.54, 1.807) is 18.4 Å². The van der Waals surface area contributed by atoms with Crippen LogP contribution in [0.15, 0.2) is 61.2 Å². The SMILES string of the molecule is Nn1c(SCc2nc(-c3ccco3)no2)nnc1-c1ccccc1Br. The second-order valence-electron chi connectivity index (χ2n) is 4.93. The van der Waals surface area contributed by atoms with Gasteiger partial charge in [0.15, 0.2) is 11.6 Å². The molecule has 0 atom stereocenters. The summed E-state index contributed by atoms with van der Waals surface area (Å²) in [6.07, 6.45) is 1.56. The molecule has 0 unspecified atom stereocenters. The van der Waals surface area contributed by atoms with Crippen molar-refractivity contribution in [2.24, 2.45) is 0 Å². The molecule has 3 heterocycles. The van der Waals surface area contributed by atoms with E-state index in [1.165, 1.54) is 16.4 Å². The fourth-order valence-corrected chi connectivity index (χ4v) is 3.30. The summed E-state index contributed by atoms with van der Waals surface area (Å²) in [5.74, 6) is 8.51. The zero-order valence-electron chi connectivity index (χ0n) is 12.7. The summed E-state index contributed by atoms with van der Waals surface area (Å²) < 4.78 is 12.8. The summed E-state index contributed by atoms with van der Waals surface area (Å²) >= 11 is 4.84. The number of thioether (sulfide) groups is 1. The van der Waals surface area contributed by atoms with E-state index in [9.17, 15) is 0 Å². The molecule has 0 aliphatic carbocycles. The lowest BCUT2D eigenvalue weighted by Gasteiger charge is -2.04. The Bertz CT molecular complexity index is 997. The number of benzene rings is 1. The van der Waals surface area contributed by atoms with Gasteiger partial charge in [-0.15, -0.1) is 10.2 Å². The Balaban J connectivity index is 1.50. The van der Waals surface area contributed by atoms with Crippen molar-refractivity contribution in [1.82, 2.24) is 25.0 Å². The van der Waals surface area contributed by atoms with Crippen molar-refractivity contribution >= 4 is 27.7 Å². The van der Waals surface area contributed by atoms with Crippen LogP contribution in [0.4, 0.5) is 0 Å². The maximum absolute atomic E-state index is 6.12. The minimum Gasteiger partial charge on any atom is -0.461 e. The average molecular weight is 419 g/mol. The Morgan fingerprint density at radius 3 is 2.84 bits per heavy atom. The molecule has 3 aromatic heterocycles. The van der Waals surface area contributed by atoms with Gasteiger partial charge in [0.1, 0.15) is 0 Å².